The van der Waals surface area contributed by atoms with Crippen molar-refractivity contribution in [2.24, 2.45) is 0 Å². The summed E-state index contributed by atoms with van der Waals surface area (Å²) >= 11 is 0. The lowest BCUT2D eigenvalue weighted by molar-refractivity contribution is 0.0957. The summed E-state index contributed by atoms with van der Waals surface area (Å²) < 4.78 is 32.9. The van der Waals surface area contributed by atoms with Gasteiger partial charge in [-0.25, -0.2) is 23.1 Å². The molecule has 2 atom stereocenters. The number of anilines is 1. The lowest BCUT2D eigenvalue weighted by Gasteiger charge is -2.28. The fourth-order valence-corrected chi connectivity index (χ4v) is 3.50. The predicted molar refractivity (Wildman–Crippen MR) is 79.6 cm³/mol. The van der Waals surface area contributed by atoms with Crippen LogP contribution >= 0.6 is 0 Å². The number of nitrogens with zero attached hydrogens (tertiary/aromatic N) is 2. The van der Waals surface area contributed by atoms with Crippen molar-refractivity contribution in [1.29, 1.82) is 0 Å². The number of sulfonamides is 1. The fraction of sp³-hybridized carbons (Fsp3) is 0.692. The molecule has 8 heteroatoms. The Morgan fingerprint density at radius 1 is 1.43 bits per heavy atom. The van der Waals surface area contributed by atoms with Crippen LogP contribution in [0.2, 0.25) is 0 Å². The van der Waals surface area contributed by atoms with E-state index >= 15 is 0 Å². The summed E-state index contributed by atoms with van der Waals surface area (Å²) in [6.45, 7) is 7.04. The molecule has 2 unspecified atom stereocenters. The average molecular weight is 314 g/mol. The van der Waals surface area contributed by atoms with Gasteiger partial charge in [-0.1, -0.05) is 6.92 Å². The first kappa shape index (κ1) is 16.1. The van der Waals surface area contributed by atoms with E-state index in [-0.39, 0.29) is 11.0 Å². The molecule has 1 saturated heterocycles. The highest BCUT2D eigenvalue weighted by Crippen LogP contribution is 2.27. The van der Waals surface area contributed by atoms with E-state index in [4.69, 9.17) is 4.74 Å². The second kappa shape index (κ2) is 6.25. The number of hydrogen-bond donors (Lipinski definition) is 2. The molecule has 1 aliphatic heterocycles. The Morgan fingerprint density at radius 2 is 2.10 bits per heavy atom. The third kappa shape index (κ3) is 3.69. The number of hydrogen-bond acceptors (Lipinski definition) is 6. The van der Waals surface area contributed by atoms with E-state index in [1.807, 2.05) is 20.8 Å². The molecule has 1 aliphatic rings. The highest BCUT2D eigenvalue weighted by Gasteiger charge is 2.40. The van der Waals surface area contributed by atoms with Gasteiger partial charge in [0.15, 0.2) is 0 Å². The van der Waals surface area contributed by atoms with Crippen molar-refractivity contribution in [3.8, 4) is 0 Å². The smallest absolute Gasteiger partial charge is 0.244 e. The van der Waals surface area contributed by atoms with E-state index in [9.17, 15) is 8.42 Å². The topological polar surface area (TPSA) is 93.2 Å². The van der Waals surface area contributed by atoms with Crippen LogP contribution < -0.4 is 10.0 Å². The second-order valence-corrected chi connectivity index (χ2v) is 7.14. The van der Waals surface area contributed by atoms with Gasteiger partial charge in [0.25, 0.3) is 0 Å². The minimum absolute atomic E-state index is 0.0601. The maximum absolute atomic E-state index is 12.4. The van der Waals surface area contributed by atoms with Gasteiger partial charge in [0.2, 0.25) is 16.0 Å². The average Bonchev–Trinajstić information content (AvgIpc) is 2.75. The predicted octanol–water partition coefficient (Wildman–Crippen LogP) is 1.14. The Kier molecular flexibility index (Phi) is 4.80. The van der Waals surface area contributed by atoms with Crippen LogP contribution in [0.15, 0.2) is 17.3 Å². The first-order valence-corrected chi connectivity index (χ1v) is 8.57. The van der Waals surface area contributed by atoms with Crippen LogP contribution in [0, 0.1) is 0 Å². The van der Waals surface area contributed by atoms with E-state index in [1.54, 1.807) is 0 Å². The van der Waals surface area contributed by atoms with Gasteiger partial charge in [-0.2, -0.15) is 0 Å². The Balaban J connectivity index is 2.12. The van der Waals surface area contributed by atoms with Crippen LogP contribution in [0.1, 0.15) is 33.6 Å². The quantitative estimate of drug-likeness (QED) is 0.818. The lowest BCUT2D eigenvalue weighted by atomic mass is 9.97. The van der Waals surface area contributed by atoms with Crippen molar-refractivity contribution in [1.82, 2.24) is 14.7 Å². The Labute approximate surface area is 125 Å². The Morgan fingerprint density at radius 3 is 2.62 bits per heavy atom. The van der Waals surface area contributed by atoms with Crippen LogP contribution in [-0.2, 0) is 14.8 Å². The SMILES string of the molecule is CCCNc1ncc(S(=O)(=O)NC2(C)CCOC2C)cn1. The minimum atomic E-state index is -3.66. The molecule has 0 saturated carbocycles. The van der Waals surface area contributed by atoms with Gasteiger partial charge in [0, 0.05) is 13.2 Å². The van der Waals surface area contributed by atoms with Gasteiger partial charge in [0.05, 0.1) is 24.0 Å². The molecule has 0 amide bonds. The first-order valence-electron chi connectivity index (χ1n) is 7.09. The normalized spacial score (nSPS) is 26.0. The molecule has 0 aromatic carbocycles. The molecule has 118 valence electrons. The molecule has 0 spiro atoms. The highest BCUT2D eigenvalue weighted by atomic mass is 32.2. The van der Waals surface area contributed by atoms with Crippen LogP contribution in [-0.4, -0.2) is 43.2 Å². The molecule has 2 rings (SSSR count). The van der Waals surface area contributed by atoms with Gasteiger partial charge < -0.3 is 10.1 Å². The minimum Gasteiger partial charge on any atom is -0.376 e. The number of aromatic nitrogens is 2. The number of rotatable bonds is 6. The molecule has 0 radical (unpaired) electrons. The summed E-state index contributed by atoms with van der Waals surface area (Å²) in [4.78, 5) is 8.11. The van der Waals surface area contributed by atoms with Crippen molar-refractivity contribution < 1.29 is 13.2 Å². The third-order valence-electron chi connectivity index (χ3n) is 3.73. The van der Waals surface area contributed by atoms with E-state index < -0.39 is 15.6 Å². The summed E-state index contributed by atoms with van der Waals surface area (Å²) in [5.74, 6) is 0.430. The standard InChI is InChI=1S/C13H22N4O3S/c1-4-6-14-12-15-8-11(9-16-12)21(18,19)17-13(3)5-7-20-10(13)2/h8-10,17H,4-7H2,1-3H3,(H,14,15,16). The zero-order chi connectivity index (χ0) is 15.5. The largest absolute Gasteiger partial charge is 0.376 e. The summed E-state index contributed by atoms with van der Waals surface area (Å²) in [6, 6.07) is 0. The molecule has 0 aliphatic carbocycles. The molecule has 1 aromatic heterocycles. The van der Waals surface area contributed by atoms with Crippen LogP contribution in [0.3, 0.4) is 0 Å². The van der Waals surface area contributed by atoms with Gasteiger partial charge in [0.1, 0.15) is 4.90 Å². The van der Waals surface area contributed by atoms with Crippen LogP contribution in [0.25, 0.3) is 0 Å². The van der Waals surface area contributed by atoms with E-state index in [1.165, 1.54) is 12.4 Å². The van der Waals surface area contributed by atoms with Gasteiger partial charge in [-0.3, -0.25) is 0 Å². The highest BCUT2D eigenvalue weighted by molar-refractivity contribution is 7.89. The van der Waals surface area contributed by atoms with Crippen molar-refractivity contribution >= 4 is 16.0 Å². The number of ether oxygens (including phenoxy) is 1. The van der Waals surface area contributed by atoms with Crippen molar-refractivity contribution in [3.05, 3.63) is 12.4 Å². The zero-order valence-electron chi connectivity index (χ0n) is 12.6. The maximum Gasteiger partial charge on any atom is 0.244 e. The van der Waals surface area contributed by atoms with E-state index in [2.05, 4.69) is 20.0 Å². The molecule has 1 aromatic rings. The molecule has 1 fully saturated rings. The summed E-state index contributed by atoms with van der Waals surface area (Å²) in [6.07, 6.45) is 4.05. The first-order chi connectivity index (χ1) is 9.87. The molecular formula is C13H22N4O3S. The van der Waals surface area contributed by atoms with Gasteiger partial charge in [-0.05, 0) is 26.7 Å². The summed E-state index contributed by atoms with van der Waals surface area (Å²) in [5.41, 5.74) is -0.599. The van der Waals surface area contributed by atoms with Gasteiger partial charge >= 0.3 is 0 Å². The fourth-order valence-electron chi connectivity index (χ4n) is 2.12. The molecule has 21 heavy (non-hydrogen) atoms. The molecule has 2 heterocycles. The second-order valence-electron chi connectivity index (χ2n) is 5.46. The van der Waals surface area contributed by atoms with Crippen molar-refractivity contribution in [3.63, 3.8) is 0 Å². The third-order valence-corrected chi connectivity index (χ3v) is 5.29. The van der Waals surface area contributed by atoms with Gasteiger partial charge in [-0.15, -0.1) is 0 Å². The molecule has 7 nitrogen and oxygen atoms in total. The van der Waals surface area contributed by atoms with E-state index in [0.717, 1.165) is 13.0 Å². The molecular weight excluding hydrogens is 292 g/mol. The van der Waals surface area contributed by atoms with E-state index in [0.29, 0.717) is 19.0 Å². The van der Waals surface area contributed by atoms with Crippen LogP contribution in [0.5, 0.6) is 0 Å². The monoisotopic (exact) mass is 314 g/mol. The Hall–Kier alpha value is -1.25. The molecule has 2 N–H and O–H groups in total. The Bertz CT molecular complexity index is 576. The number of nitrogens with one attached hydrogen (secondary N) is 2. The van der Waals surface area contributed by atoms with Crippen LogP contribution in [0.4, 0.5) is 5.95 Å². The molecule has 0 bridgehead atoms. The lowest BCUT2D eigenvalue weighted by Crippen LogP contribution is -2.50. The van der Waals surface area contributed by atoms with Crippen molar-refractivity contribution in [2.75, 3.05) is 18.5 Å². The van der Waals surface area contributed by atoms with Crippen molar-refractivity contribution in [2.45, 2.75) is 50.2 Å². The summed E-state index contributed by atoms with van der Waals surface area (Å²) in [5, 5.41) is 3.00. The zero-order valence-corrected chi connectivity index (χ0v) is 13.4. The maximum atomic E-state index is 12.4. The summed E-state index contributed by atoms with van der Waals surface area (Å²) in [7, 11) is -3.66.